The molecule has 2 nitrogen and oxygen atoms in total. The largest absolute Gasteiger partial charge is 0.363 e. The highest BCUT2D eigenvalue weighted by Gasteiger charge is 2.31. The van der Waals surface area contributed by atoms with Crippen molar-refractivity contribution in [1.82, 2.24) is 0 Å². The molecule has 3 atom stereocenters. The number of halogens is 1. The zero-order valence-electron chi connectivity index (χ0n) is 11.5. The molecule has 2 unspecified atom stereocenters. The van der Waals surface area contributed by atoms with E-state index in [4.69, 9.17) is 5.73 Å². The summed E-state index contributed by atoms with van der Waals surface area (Å²) in [5.41, 5.74) is 7.38. The van der Waals surface area contributed by atoms with E-state index >= 15 is 0 Å². The van der Waals surface area contributed by atoms with Crippen molar-refractivity contribution < 1.29 is 4.39 Å². The molecule has 1 fully saturated rings. The monoisotopic (exact) mass is 250 g/mol. The van der Waals surface area contributed by atoms with Gasteiger partial charge in [0, 0.05) is 18.1 Å². The van der Waals surface area contributed by atoms with E-state index in [2.05, 4.69) is 18.7 Å². The average molecular weight is 250 g/mol. The first-order valence-corrected chi connectivity index (χ1v) is 6.88. The highest BCUT2D eigenvalue weighted by Crippen LogP contribution is 2.34. The van der Waals surface area contributed by atoms with Gasteiger partial charge in [0.1, 0.15) is 5.82 Å². The fourth-order valence-electron chi connectivity index (χ4n) is 2.92. The van der Waals surface area contributed by atoms with Crippen LogP contribution in [0.1, 0.15) is 51.6 Å². The molecule has 0 amide bonds. The van der Waals surface area contributed by atoms with Crippen LogP contribution in [0.25, 0.3) is 0 Å². The predicted octanol–water partition coefficient (Wildman–Crippen LogP) is 3.61. The van der Waals surface area contributed by atoms with Gasteiger partial charge in [0.25, 0.3) is 0 Å². The number of benzene rings is 1. The Morgan fingerprint density at radius 3 is 2.72 bits per heavy atom. The van der Waals surface area contributed by atoms with E-state index in [0.717, 1.165) is 30.5 Å². The van der Waals surface area contributed by atoms with Gasteiger partial charge in [-0.25, -0.2) is 4.39 Å². The second kappa shape index (κ2) is 5.27. The summed E-state index contributed by atoms with van der Waals surface area (Å²) in [6, 6.07) is 6.18. The van der Waals surface area contributed by atoms with Gasteiger partial charge in [0.05, 0.1) is 5.69 Å². The normalized spacial score (nSPS) is 25.5. The minimum Gasteiger partial charge on any atom is -0.363 e. The molecule has 1 aliphatic heterocycles. The van der Waals surface area contributed by atoms with Crippen LogP contribution in [0.4, 0.5) is 10.1 Å². The van der Waals surface area contributed by atoms with E-state index < -0.39 is 0 Å². The minimum atomic E-state index is -0.142. The molecule has 100 valence electrons. The molecule has 2 rings (SSSR count). The van der Waals surface area contributed by atoms with Crippen LogP contribution in [-0.4, -0.2) is 12.1 Å². The van der Waals surface area contributed by atoms with Gasteiger partial charge >= 0.3 is 0 Å². The Hall–Kier alpha value is -1.09. The molecule has 3 heteroatoms. The molecule has 0 aliphatic carbocycles. The molecule has 0 bridgehead atoms. The Morgan fingerprint density at radius 1 is 1.44 bits per heavy atom. The number of nitrogens with two attached hydrogens (primary N) is 1. The third-order valence-electron chi connectivity index (χ3n) is 4.03. The molecule has 0 spiro atoms. The molecule has 0 aromatic heterocycles. The molecule has 1 aromatic carbocycles. The zero-order valence-corrected chi connectivity index (χ0v) is 11.5. The number of hydrogen-bond acceptors (Lipinski definition) is 2. The standard InChI is InChI=1S/C15H23FN2/c1-4-13-7-5-10(2)18(13)15-8-6-12(11(3)17)9-14(15)16/h6,8-11,13H,4-5,7,17H2,1-3H3/t10?,11-,13?/m0/s1. The van der Waals surface area contributed by atoms with Crippen LogP contribution < -0.4 is 10.6 Å². The van der Waals surface area contributed by atoms with Crippen molar-refractivity contribution in [2.75, 3.05) is 4.90 Å². The highest BCUT2D eigenvalue weighted by molar-refractivity contribution is 5.52. The topological polar surface area (TPSA) is 29.3 Å². The lowest BCUT2D eigenvalue weighted by Gasteiger charge is -2.31. The highest BCUT2D eigenvalue weighted by atomic mass is 19.1. The summed E-state index contributed by atoms with van der Waals surface area (Å²) in [4.78, 5) is 2.24. The minimum absolute atomic E-state index is 0.119. The lowest BCUT2D eigenvalue weighted by molar-refractivity contribution is 0.579. The van der Waals surface area contributed by atoms with Gasteiger partial charge in [-0.1, -0.05) is 13.0 Å². The summed E-state index contributed by atoms with van der Waals surface area (Å²) in [6.45, 7) is 6.22. The molecule has 2 N–H and O–H groups in total. The quantitative estimate of drug-likeness (QED) is 0.888. The second-order valence-electron chi connectivity index (χ2n) is 5.40. The summed E-state index contributed by atoms with van der Waals surface area (Å²) in [5, 5.41) is 0. The van der Waals surface area contributed by atoms with Gasteiger partial charge < -0.3 is 10.6 Å². The van der Waals surface area contributed by atoms with E-state index in [1.165, 1.54) is 0 Å². The lowest BCUT2D eigenvalue weighted by atomic mass is 10.1. The van der Waals surface area contributed by atoms with Gasteiger partial charge in [-0.15, -0.1) is 0 Å². The van der Waals surface area contributed by atoms with Crippen LogP contribution in [0.15, 0.2) is 18.2 Å². The van der Waals surface area contributed by atoms with Gasteiger partial charge in [0.2, 0.25) is 0 Å². The van der Waals surface area contributed by atoms with E-state index in [-0.39, 0.29) is 11.9 Å². The molecule has 1 aliphatic rings. The third-order valence-corrected chi connectivity index (χ3v) is 4.03. The molecule has 0 saturated carbocycles. The van der Waals surface area contributed by atoms with Crippen molar-refractivity contribution in [2.45, 2.75) is 58.2 Å². The first kappa shape index (κ1) is 13.3. The van der Waals surface area contributed by atoms with Crippen LogP contribution >= 0.6 is 0 Å². The molecule has 1 heterocycles. The van der Waals surface area contributed by atoms with Gasteiger partial charge in [-0.05, 0) is 50.8 Å². The molecular formula is C15H23FN2. The van der Waals surface area contributed by atoms with Crippen molar-refractivity contribution in [3.05, 3.63) is 29.6 Å². The maximum atomic E-state index is 14.2. The van der Waals surface area contributed by atoms with E-state index in [1.54, 1.807) is 6.07 Å². The summed E-state index contributed by atoms with van der Waals surface area (Å²) < 4.78 is 14.2. The maximum absolute atomic E-state index is 14.2. The molecule has 18 heavy (non-hydrogen) atoms. The molecular weight excluding hydrogens is 227 g/mol. The summed E-state index contributed by atoms with van der Waals surface area (Å²) in [5.74, 6) is -0.142. The van der Waals surface area contributed by atoms with E-state index in [0.29, 0.717) is 12.1 Å². The lowest BCUT2D eigenvalue weighted by Crippen LogP contribution is -2.34. The Morgan fingerprint density at radius 2 is 2.17 bits per heavy atom. The SMILES string of the molecule is CCC1CCC(C)N1c1ccc([C@H](C)N)cc1F. The van der Waals surface area contributed by atoms with Gasteiger partial charge in [0.15, 0.2) is 0 Å². The number of nitrogens with zero attached hydrogens (tertiary/aromatic N) is 1. The Bertz CT molecular complexity index is 417. The van der Waals surface area contributed by atoms with Crippen molar-refractivity contribution in [3.63, 3.8) is 0 Å². The summed E-state index contributed by atoms with van der Waals surface area (Å²) >= 11 is 0. The Labute approximate surface area is 109 Å². The van der Waals surface area contributed by atoms with E-state index in [1.807, 2.05) is 19.1 Å². The molecule has 0 radical (unpaired) electrons. The first-order chi connectivity index (χ1) is 8.54. The number of anilines is 1. The van der Waals surface area contributed by atoms with Crippen LogP contribution in [0.5, 0.6) is 0 Å². The fourth-order valence-corrected chi connectivity index (χ4v) is 2.92. The van der Waals surface area contributed by atoms with Gasteiger partial charge in [-0.3, -0.25) is 0 Å². The second-order valence-corrected chi connectivity index (χ2v) is 5.40. The Kier molecular flexibility index (Phi) is 3.91. The van der Waals surface area contributed by atoms with Crippen molar-refractivity contribution in [2.24, 2.45) is 5.73 Å². The predicted molar refractivity (Wildman–Crippen MR) is 74.3 cm³/mol. The van der Waals surface area contributed by atoms with Crippen molar-refractivity contribution >= 4 is 5.69 Å². The van der Waals surface area contributed by atoms with Crippen LogP contribution in [0.3, 0.4) is 0 Å². The van der Waals surface area contributed by atoms with Crippen LogP contribution in [-0.2, 0) is 0 Å². The van der Waals surface area contributed by atoms with Gasteiger partial charge in [-0.2, -0.15) is 0 Å². The molecule has 1 aromatic rings. The van der Waals surface area contributed by atoms with Crippen LogP contribution in [0.2, 0.25) is 0 Å². The smallest absolute Gasteiger partial charge is 0.146 e. The first-order valence-electron chi connectivity index (χ1n) is 6.88. The van der Waals surface area contributed by atoms with Crippen molar-refractivity contribution in [1.29, 1.82) is 0 Å². The third kappa shape index (κ3) is 2.37. The Balaban J connectivity index is 2.33. The number of rotatable bonds is 3. The average Bonchev–Trinajstić information content (AvgIpc) is 2.70. The van der Waals surface area contributed by atoms with E-state index in [9.17, 15) is 4.39 Å². The zero-order chi connectivity index (χ0) is 13.3. The number of hydrogen-bond donors (Lipinski definition) is 1. The summed E-state index contributed by atoms with van der Waals surface area (Å²) in [7, 11) is 0. The van der Waals surface area contributed by atoms with Crippen LogP contribution in [0, 0.1) is 5.82 Å². The maximum Gasteiger partial charge on any atom is 0.146 e. The fraction of sp³-hybridized carbons (Fsp3) is 0.600. The summed E-state index contributed by atoms with van der Waals surface area (Å²) in [6.07, 6.45) is 3.37. The van der Waals surface area contributed by atoms with Crippen molar-refractivity contribution in [3.8, 4) is 0 Å². The molecule has 1 saturated heterocycles.